The highest BCUT2D eigenvalue weighted by atomic mass is 31.2. The van der Waals surface area contributed by atoms with Crippen LogP contribution >= 0.6 is 7.82 Å². The first-order chi connectivity index (χ1) is 28.2. The number of carbonyl (C=O) groups is 3. The third-order valence-electron chi connectivity index (χ3n) is 10.3. The number of ether oxygens (including phenoxy) is 2. The van der Waals surface area contributed by atoms with E-state index in [1.807, 2.05) is 12.2 Å². The van der Waals surface area contributed by atoms with Gasteiger partial charge in [-0.25, -0.2) is 4.57 Å². The van der Waals surface area contributed by atoms with E-state index in [0.29, 0.717) is 19.3 Å². The molecule has 2 atom stereocenters. The van der Waals surface area contributed by atoms with Crippen molar-refractivity contribution in [3.8, 4) is 0 Å². The van der Waals surface area contributed by atoms with E-state index < -0.39 is 32.5 Å². The predicted molar refractivity (Wildman–Crippen MR) is 239 cm³/mol. The van der Waals surface area contributed by atoms with Gasteiger partial charge < -0.3 is 20.1 Å². The van der Waals surface area contributed by atoms with Crippen LogP contribution in [0.5, 0.6) is 0 Å². The summed E-state index contributed by atoms with van der Waals surface area (Å²) >= 11 is 0. The van der Waals surface area contributed by atoms with E-state index in [4.69, 9.17) is 24.3 Å². The second-order valence-electron chi connectivity index (χ2n) is 16.0. The topological polar surface area (TPSA) is 151 Å². The maximum atomic E-state index is 12.6. The molecule has 0 amide bonds. The first-order valence-electron chi connectivity index (χ1n) is 23.8. The first-order valence-corrected chi connectivity index (χ1v) is 25.3. The van der Waals surface area contributed by atoms with Crippen molar-refractivity contribution in [2.75, 3.05) is 26.4 Å². The molecule has 0 aromatic carbocycles. The lowest BCUT2D eigenvalue weighted by atomic mass is 10.0. The van der Waals surface area contributed by atoms with Gasteiger partial charge in [-0.05, 0) is 38.2 Å². The van der Waals surface area contributed by atoms with Gasteiger partial charge in [0.25, 0.3) is 0 Å². The van der Waals surface area contributed by atoms with Crippen LogP contribution in [0.3, 0.4) is 0 Å². The first kappa shape index (κ1) is 56.2. The fourth-order valence-electron chi connectivity index (χ4n) is 6.74. The fourth-order valence-corrected chi connectivity index (χ4v) is 7.50. The summed E-state index contributed by atoms with van der Waals surface area (Å²) in [5, 5.41) is 0. The minimum atomic E-state index is -4.40. The van der Waals surface area contributed by atoms with Gasteiger partial charge in [-0.3, -0.25) is 23.4 Å². The summed E-state index contributed by atoms with van der Waals surface area (Å²) in [5.41, 5.74) is 5.35. The van der Waals surface area contributed by atoms with Crippen LogP contribution in [0, 0.1) is 0 Å². The number of unbranched alkanes of at least 4 members (excludes halogenated alkanes) is 27. The molecular weight excluding hydrogens is 753 g/mol. The molecule has 0 aliphatic rings. The zero-order chi connectivity index (χ0) is 42.6. The van der Waals surface area contributed by atoms with Crippen molar-refractivity contribution in [3.05, 3.63) is 24.3 Å². The van der Waals surface area contributed by atoms with Gasteiger partial charge in [-0.15, -0.1) is 0 Å². The Morgan fingerprint density at radius 1 is 0.552 bits per heavy atom. The summed E-state index contributed by atoms with van der Waals surface area (Å²) in [6, 6.07) is 0. The molecule has 0 fully saturated rings. The largest absolute Gasteiger partial charge is 0.472 e. The molecule has 0 aromatic heterocycles. The number of carbonyl (C=O) groups excluding carboxylic acids is 3. The molecule has 3 N–H and O–H groups in total. The number of esters is 2. The third kappa shape index (κ3) is 42.3. The molecule has 0 rings (SSSR count). The van der Waals surface area contributed by atoms with Crippen LogP contribution in [0.2, 0.25) is 0 Å². The lowest BCUT2D eigenvalue weighted by Gasteiger charge is -2.19. The summed E-state index contributed by atoms with van der Waals surface area (Å²) in [6.45, 7) is 3.58. The summed E-state index contributed by atoms with van der Waals surface area (Å²) in [5.74, 6) is -0.786. The van der Waals surface area contributed by atoms with Gasteiger partial charge in [-0.2, -0.15) is 0 Å². The molecule has 0 bridgehead atoms. The Balaban J connectivity index is 4.12. The lowest BCUT2D eigenvalue weighted by molar-refractivity contribution is -0.161. The van der Waals surface area contributed by atoms with Gasteiger partial charge in [-0.1, -0.05) is 193 Å². The standard InChI is InChI=1S/C47H88NO9P/c1-3-5-7-9-11-12-13-14-15-16-17-18-19-20-21-22-23-24-26-30-35-39-47(51)57-45(43-56-58(52,53)55-41-40-48)42-54-46(50)38-34-31-27-29-33-37-44(49)36-32-28-25-10-8-6-4-2/h25,28,32,36,45H,3-24,26-27,29-31,33-35,37-43,48H2,1-2H3,(H,52,53)/b28-25-,36-32+/t45-/m1/s1. The Hall–Kier alpha value is -1.84. The zero-order valence-electron chi connectivity index (χ0n) is 37.3. The van der Waals surface area contributed by atoms with E-state index in [-0.39, 0.29) is 38.4 Å². The van der Waals surface area contributed by atoms with Gasteiger partial charge in [0, 0.05) is 25.8 Å². The molecular formula is C47H88NO9P. The fraction of sp³-hybridized carbons (Fsp3) is 0.851. The molecule has 0 aliphatic carbocycles. The number of phosphoric ester groups is 1. The van der Waals surface area contributed by atoms with Crippen LogP contribution in [0.1, 0.15) is 226 Å². The number of hydrogen-bond acceptors (Lipinski definition) is 9. The van der Waals surface area contributed by atoms with Crippen molar-refractivity contribution in [2.24, 2.45) is 5.73 Å². The SMILES string of the molecule is CCCCC/C=C\C=C\C(=O)CCCCCCCC(=O)OC[C@H](COP(=O)(O)OCCN)OC(=O)CCCCCCCCCCCCCCCCCCCCCCC. The van der Waals surface area contributed by atoms with Crippen molar-refractivity contribution in [1.82, 2.24) is 0 Å². The number of phosphoric acid groups is 1. The highest BCUT2D eigenvalue weighted by molar-refractivity contribution is 7.47. The Labute approximate surface area is 355 Å². The molecule has 1 unspecified atom stereocenters. The molecule has 0 aromatic rings. The van der Waals surface area contributed by atoms with Crippen LogP contribution in [0.15, 0.2) is 24.3 Å². The molecule has 0 heterocycles. The van der Waals surface area contributed by atoms with Crippen LogP contribution < -0.4 is 5.73 Å². The van der Waals surface area contributed by atoms with Crippen molar-refractivity contribution < 1.29 is 42.4 Å². The zero-order valence-corrected chi connectivity index (χ0v) is 38.2. The lowest BCUT2D eigenvalue weighted by Crippen LogP contribution is -2.29. The Kier molecular flexibility index (Phi) is 41.9. The predicted octanol–water partition coefficient (Wildman–Crippen LogP) is 13.1. The Morgan fingerprint density at radius 2 is 0.983 bits per heavy atom. The molecule has 58 heavy (non-hydrogen) atoms. The molecule has 11 heteroatoms. The van der Waals surface area contributed by atoms with Gasteiger partial charge in [0.1, 0.15) is 6.61 Å². The molecule has 0 saturated carbocycles. The van der Waals surface area contributed by atoms with E-state index >= 15 is 0 Å². The normalized spacial score (nSPS) is 13.3. The highest BCUT2D eigenvalue weighted by Gasteiger charge is 2.26. The van der Waals surface area contributed by atoms with E-state index in [2.05, 4.69) is 19.9 Å². The summed E-state index contributed by atoms with van der Waals surface area (Å²) in [7, 11) is -4.40. The van der Waals surface area contributed by atoms with Crippen molar-refractivity contribution in [1.29, 1.82) is 0 Å². The number of allylic oxidation sites excluding steroid dienone is 4. The van der Waals surface area contributed by atoms with E-state index in [1.165, 1.54) is 128 Å². The summed E-state index contributed by atoms with van der Waals surface area (Å²) in [4.78, 5) is 47.0. The van der Waals surface area contributed by atoms with Gasteiger partial charge in [0.05, 0.1) is 13.2 Å². The number of rotatable bonds is 45. The van der Waals surface area contributed by atoms with Crippen LogP contribution in [-0.2, 0) is 37.5 Å². The molecule has 340 valence electrons. The molecule has 10 nitrogen and oxygen atoms in total. The highest BCUT2D eigenvalue weighted by Crippen LogP contribution is 2.43. The smallest absolute Gasteiger partial charge is 0.462 e. The van der Waals surface area contributed by atoms with Crippen LogP contribution in [0.25, 0.3) is 0 Å². The average molecular weight is 842 g/mol. The Bertz CT molecular complexity index is 1070. The van der Waals surface area contributed by atoms with Crippen LogP contribution in [-0.4, -0.2) is 55.1 Å². The third-order valence-corrected chi connectivity index (χ3v) is 11.3. The van der Waals surface area contributed by atoms with Crippen molar-refractivity contribution in [3.63, 3.8) is 0 Å². The van der Waals surface area contributed by atoms with Gasteiger partial charge in [0.2, 0.25) is 0 Å². The van der Waals surface area contributed by atoms with Gasteiger partial charge in [0.15, 0.2) is 11.9 Å². The average Bonchev–Trinajstić information content (AvgIpc) is 3.21. The van der Waals surface area contributed by atoms with E-state index in [0.717, 1.165) is 51.4 Å². The molecule has 0 radical (unpaired) electrons. The van der Waals surface area contributed by atoms with Gasteiger partial charge >= 0.3 is 19.8 Å². The second kappa shape index (κ2) is 43.3. The van der Waals surface area contributed by atoms with Crippen LogP contribution in [0.4, 0.5) is 0 Å². The van der Waals surface area contributed by atoms with Crippen molar-refractivity contribution in [2.45, 2.75) is 232 Å². The Morgan fingerprint density at radius 3 is 1.47 bits per heavy atom. The summed E-state index contributed by atoms with van der Waals surface area (Å²) in [6.07, 6.45) is 43.2. The number of hydrogen-bond donors (Lipinski definition) is 2. The molecule has 0 aliphatic heterocycles. The maximum absolute atomic E-state index is 12.6. The molecule has 0 saturated heterocycles. The van der Waals surface area contributed by atoms with Crippen molar-refractivity contribution >= 4 is 25.5 Å². The second-order valence-corrected chi connectivity index (χ2v) is 17.5. The maximum Gasteiger partial charge on any atom is 0.472 e. The summed E-state index contributed by atoms with van der Waals surface area (Å²) < 4.78 is 32.8. The monoisotopic (exact) mass is 842 g/mol. The quantitative estimate of drug-likeness (QED) is 0.0199. The van der Waals surface area contributed by atoms with E-state index in [1.54, 1.807) is 6.08 Å². The number of nitrogens with two attached hydrogens (primary N) is 1. The number of ketones is 1. The molecule has 0 spiro atoms. The minimum Gasteiger partial charge on any atom is -0.462 e. The minimum absolute atomic E-state index is 0.0377. The van der Waals surface area contributed by atoms with E-state index in [9.17, 15) is 23.8 Å².